The Kier molecular flexibility index (Phi) is 17.0. The van der Waals surface area contributed by atoms with E-state index in [1.807, 2.05) is 0 Å². The van der Waals surface area contributed by atoms with E-state index in [0.717, 1.165) is 13.2 Å². The van der Waals surface area contributed by atoms with Crippen molar-refractivity contribution in [3.8, 4) is 0 Å². The van der Waals surface area contributed by atoms with Gasteiger partial charge in [-0.05, 0) is 19.3 Å². The van der Waals surface area contributed by atoms with Crippen LogP contribution in [0.5, 0.6) is 0 Å². The minimum atomic E-state index is 0. The molecule has 0 aromatic carbocycles. The molecule has 0 atom stereocenters. The molecule has 1 rings (SSSR count). The zero-order chi connectivity index (χ0) is 9.90. The topological polar surface area (TPSA) is 72.2 Å². The third-order valence-electron chi connectivity index (χ3n) is 2.89. The van der Waals surface area contributed by atoms with Crippen LogP contribution in [0.2, 0.25) is 0 Å². The van der Waals surface area contributed by atoms with Crippen LogP contribution in [-0.2, 0) is 4.74 Å². The maximum atomic E-state index is 5.56. The van der Waals surface area contributed by atoms with Crippen molar-refractivity contribution in [1.82, 2.24) is 0 Å². The van der Waals surface area contributed by atoms with Crippen LogP contribution in [0.1, 0.15) is 64.2 Å². The largest absolute Gasteiger partial charge is 0.412 e. The summed E-state index contributed by atoms with van der Waals surface area (Å²) in [5, 5.41) is 0. The quantitative estimate of drug-likeness (QED) is 0.633. The summed E-state index contributed by atoms with van der Waals surface area (Å²) in [4.78, 5) is 0. The second-order valence-electron chi connectivity index (χ2n) is 4.31. The van der Waals surface area contributed by atoms with Crippen LogP contribution < -0.4 is 0 Å². The summed E-state index contributed by atoms with van der Waals surface area (Å²) in [5.41, 5.74) is 0. The Balaban J connectivity index is 0. The second-order valence-corrected chi connectivity index (χ2v) is 4.31. The lowest BCUT2D eigenvalue weighted by molar-refractivity contribution is 0.126. The Hall–Kier alpha value is -0.120. The molecule has 1 aliphatic rings. The molecule has 0 saturated carbocycles. The number of ether oxygens (including phenoxy) is 1. The predicted molar refractivity (Wildman–Crippen MR) is 68.5 cm³/mol. The summed E-state index contributed by atoms with van der Waals surface area (Å²) in [5.74, 6) is 0. The first kappa shape index (κ1) is 18.3. The van der Waals surface area contributed by atoms with E-state index in [-0.39, 0.29) is 11.0 Å². The lowest BCUT2D eigenvalue weighted by Crippen LogP contribution is -1.97. The van der Waals surface area contributed by atoms with Gasteiger partial charge in [0.1, 0.15) is 0 Å². The van der Waals surface area contributed by atoms with Crippen molar-refractivity contribution >= 4 is 0 Å². The summed E-state index contributed by atoms with van der Waals surface area (Å²) < 4.78 is 5.56. The minimum Gasteiger partial charge on any atom is -0.412 e. The molecule has 0 spiro atoms. The van der Waals surface area contributed by atoms with Crippen LogP contribution in [0.15, 0.2) is 0 Å². The molecule has 0 aromatic rings. The van der Waals surface area contributed by atoms with Crippen molar-refractivity contribution in [2.24, 2.45) is 0 Å². The number of rotatable bonds is 0. The van der Waals surface area contributed by atoms with Crippen LogP contribution >= 0.6 is 0 Å². The maximum absolute atomic E-state index is 5.56. The summed E-state index contributed by atoms with van der Waals surface area (Å²) in [7, 11) is 0. The van der Waals surface area contributed by atoms with E-state index >= 15 is 0 Å². The van der Waals surface area contributed by atoms with Crippen LogP contribution in [-0.4, -0.2) is 24.2 Å². The van der Waals surface area contributed by atoms with Crippen LogP contribution in [0.4, 0.5) is 0 Å². The van der Waals surface area contributed by atoms with Crippen LogP contribution in [0, 0.1) is 6.42 Å². The van der Waals surface area contributed by atoms with E-state index in [4.69, 9.17) is 4.74 Å². The molecule has 1 radical (unpaired) electrons. The standard InChI is InChI=1S/C13H25O.2H2O/c1-2-4-6-8-10-12-14-13-11-9-7-5-3-1;;/h4H,1-3,5-13H2;2*1H2. The fraction of sp³-hybridized carbons (Fsp3) is 0.923. The highest BCUT2D eigenvalue weighted by molar-refractivity contribution is 4.64. The molecule has 3 nitrogen and oxygen atoms in total. The highest BCUT2D eigenvalue weighted by Gasteiger charge is 1.96. The Bertz CT molecular complexity index is 64.4. The van der Waals surface area contributed by atoms with Gasteiger partial charge in [-0.15, -0.1) is 0 Å². The van der Waals surface area contributed by atoms with Crippen LogP contribution in [0.3, 0.4) is 0 Å². The minimum absolute atomic E-state index is 0. The third-order valence-corrected chi connectivity index (χ3v) is 2.89. The Morgan fingerprint density at radius 1 is 0.562 bits per heavy atom. The molecular weight excluding hydrogens is 204 g/mol. The van der Waals surface area contributed by atoms with E-state index in [0.29, 0.717) is 0 Å². The number of hydrogen-bond acceptors (Lipinski definition) is 1. The molecule has 0 aliphatic carbocycles. The molecule has 4 N–H and O–H groups in total. The van der Waals surface area contributed by atoms with Gasteiger partial charge in [0.2, 0.25) is 0 Å². The molecule has 1 aliphatic heterocycles. The Morgan fingerprint density at radius 2 is 1.00 bits per heavy atom. The summed E-state index contributed by atoms with van der Waals surface area (Å²) >= 11 is 0. The summed E-state index contributed by atoms with van der Waals surface area (Å²) in [6.45, 7) is 1.97. The first-order valence-electron chi connectivity index (χ1n) is 6.39. The van der Waals surface area contributed by atoms with Gasteiger partial charge in [-0.25, -0.2) is 0 Å². The lowest BCUT2D eigenvalue weighted by Gasteiger charge is -2.06. The summed E-state index contributed by atoms with van der Waals surface area (Å²) in [6.07, 6.45) is 16.0. The first-order chi connectivity index (χ1) is 7.00. The van der Waals surface area contributed by atoms with Gasteiger partial charge >= 0.3 is 0 Å². The molecule has 0 amide bonds. The van der Waals surface area contributed by atoms with E-state index < -0.39 is 0 Å². The molecule has 1 heterocycles. The maximum Gasteiger partial charge on any atom is 0.0466 e. The van der Waals surface area contributed by atoms with Gasteiger partial charge < -0.3 is 15.7 Å². The molecule has 0 bridgehead atoms. The fourth-order valence-corrected chi connectivity index (χ4v) is 1.94. The number of hydrogen-bond donors (Lipinski definition) is 0. The van der Waals surface area contributed by atoms with Gasteiger partial charge in [0.15, 0.2) is 0 Å². The smallest absolute Gasteiger partial charge is 0.0466 e. The second kappa shape index (κ2) is 14.9. The van der Waals surface area contributed by atoms with Crippen molar-refractivity contribution in [2.75, 3.05) is 13.2 Å². The van der Waals surface area contributed by atoms with Gasteiger partial charge in [-0.3, -0.25) is 0 Å². The van der Waals surface area contributed by atoms with Crippen molar-refractivity contribution in [2.45, 2.75) is 64.2 Å². The molecule has 99 valence electrons. The third kappa shape index (κ3) is 12.0. The monoisotopic (exact) mass is 233 g/mol. The van der Waals surface area contributed by atoms with Gasteiger partial charge in [0, 0.05) is 13.2 Å². The van der Waals surface area contributed by atoms with Crippen molar-refractivity contribution in [3.63, 3.8) is 0 Å². The molecule has 0 aromatic heterocycles. The molecule has 3 heteroatoms. The normalized spacial score (nSPS) is 21.0. The SMILES string of the molecule is O.O.[CH]1CCCCCCCCOCCCC1. The summed E-state index contributed by atoms with van der Waals surface area (Å²) in [6, 6.07) is 0. The van der Waals surface area contributed by atoms with E-state index in [9.17, 15) is 0 Å². The zero-order valence-corrected chi connectivity index (χ0v) is 10.5. The highest BCUT2D eigenvalue weighted by atomic mass is 16.5. The Labute approximate surface area is 100 Å². The first-order valence-corrected chi connectivity index (χ1v) is 6.39. The molecule has 1 fully saturated rings. The average Bonchev–Trinajstić information content (AvgIpc) is 2.22. The van der Waals surface area contributed by atoms with Crippen molar-refractivity contribution < 1.29 is 15.7 Å². The molecule has 1 saturated heterocycles. The molecule has 0 unspecified atom stereocenters. The molecule has 16 heavy (non-hydrogen) atoms. The lowest BCUT2D eigenvalue weighted by atomic mass is 10.1. The molecular formula is C13H29O3. The fourth-order valence-electron chi connectivity index (χ4n) is 1.94. The van der Waals surface area contributed by atoms with E-state index in [1.54, 1.807) is 0 Å². The predicted octanol–water partition coefficient (Wildman–Crippen LogP) is 2.47. The van der Waals surface area contributed by atoms with E-state index in [2.05, 4.69) is 6.42 Å². The van der Waals surface area contributed by atoms with Gasteiger partial charge in [0.25, 0.3) is 0 Å². The Morgan fingerprint density at radius 3 is 1.69 bits per heavy atom. The van der Waals surface area contributed by atoms with Gasteiger partial charge in [0.05, 0.1) is 0 Å². The van der Waals surface area contributed by atoms with Crippen LogP contribution in [0.25, 0.3) is 0 Å². The van der Waals surface area contributed by atoms with Crippen molar-refractivity contribution in [1.29, 1.82) is 0 Å². The highest BCUT2D eigenvalue weighted by Crippen LogP contribution is 2.11. The average molecular weight is 233 g/mol. The van der Waals surface area contributed by atoms with E-state index in [1.165, 1.54) is 64.2 Å². The zero-order valence-electron chi connectivity index (χ0n) is 10.5. The van der Waals surface area contributed by atoms with Gasteiger partial charge in [-0.1, -0.05) is 51.4 Å². The van der Waals surface area contributed by atoms with Gasteiger partial charge in [-0.2, -0.15) is 0 Å². The van der Waals surface area contributed by atoms with Crippen molar-refractivity contribution in [3.05, 3.63) is 6.42 Å².